The number of carbonyl (C=O) groups excluding carboxylic acids is 2. The number of ether oxygens (including phenoxy) is 3. The lowest BCUT2D eigenvalue weighted by Gasteiger charge is -2.10. The summed E-state index contributed by atoms with van der Waals surface area (Å²) in [5, 5.41) is 1.01. The van der Waals surface area contributed by atoms with E-state index < -0.39 is 0 Å². The van der Waals surface area contributed by atoms with Crippen molar-refractivity contribution in [3.05, 3.63) is 84.1 Å². The average molecular weight is 500 g/mol. The van der Waals surface area contributed by atoms with Crippen molar-refractivity contribution in [3.63, 3.8) is 0 Å². The third-order valence-electron chi connectivity index (χ3n) is 6.08. The van der Waals surface area contributed by atoms with Crippen molar-refractivity contribution in [1.29, 1.82) is 0 Å². The Hall–Kier alpha value is -4.06. The lowest BCUT2D eigenvalue weighted by Crippen LogP contribution is -2.07. The number of fused-ring (bicyclic) bond motifs is 1. The van der Waals surface area contributed by atoms with Gasteiger partial charge in [0.2, 0.25) is 0 Å². The van der Waals surface area contributed by atoms with Crippen LogP contribution >= 0.6 is 0 Å². The summed E-state index contributed by atoms with van der Waals surface area (Å²) in [6.07, 6.45) is 4.38. The third-order valence-corrected chi connectivity index (χ3v) is 6.08. The van der Waals surface area contributed by atoms with E-state index in [1.165, 1.54) is 6.92 Å². The molecule has 1 aromatic heterocycles. The van der Waals surface area contributed by atoms with Crippen LogP contribution in [0.1, 0.15) is 44.7 Å². The average Bonchev–Trinajstić information content (AvgIpc) is 3.21. The fraction of sp³-hybridized carbons (Fsp3) is 0.290. The van der Waals surface area contributed by atoms with Gasteiger partial charge in [-0.1, -0.05) is 49.7 Å². The Kier molecular flexibility index (Phi) is 8.62. The quantitative estimate of drug-likeness (QED) is 0.133. The molecule has 0 unspecified atom stereocenters. The van der Waals surface area contributed by atoms with Gasteiger partial charge in [0, 0.05) is 30.6 Å². The second-order valence-electron chi connectivity index (χ2n) is 8.96. The van der Waals surface area contributed by atoms with E-state index in [2.05, 4.69) is 29.7 Å². The van der Waals surface area contributed by atoms with Crippen molar-refractivity contribution in [3.8, 4) is 22.6 Å². The van der Waals surface area contributed by atoms with Crippen molar-refractivity contribution < 1.29 is 23.8 Å². The molecule has 1 heterocycles. The fourth-order valence-corrected chi connectivity index (χ4v) is 4.31. The lowest BCUT2D eigenvalue weighted by molar-refractivity contribution is -0.142. The number of benzene rings is 3. The molecular weight excluding hydrogens is 466 g/mol. The van der Waals surface area contributed by atoms with Gasteiger partial charge < -0.3 is 18.8 Å². The summed E-state index contributed by atoms with van der Waals surface area (Å²) in [4.78, 5) is 23.7. The molecule has 0 bridgehead atoms. The summed E-state index contributed by atoms with van der Waals surface area (Å²) in [6, 6.07) is 21.8. The number of hydrogen-bond donors (Lipinski definition) is 0. The molecule has 0 aliphatic rings. The Balaban J connectivity index is 1.67. The maximum Gasteiger partial charge on any atom is 0.310 e. The molecule has 3 aromatic carbocycles. The van der Waals surface area contributed by atoms with Crippen LogP contribution < -0.4 is 9.47 Å². The minimum atomic E-state index is -0.355. The van der Waals surface area contributed by atoms with E-state index in [0.717, 1.165) is 58.4 Å². The van der Waals surface area contributed by atoms with Crippen molar-refractivity contribution in [2.75, 3.05) is 13.2 Å². The maximum atomic E-state index is 12.3. The van der Waals surface area contributed by atoms with Gasteiger partial charge in [0.1, 0.15) is 11.5 Å². The first kappa shape index (κ1) is 26.0. The van der Waals surface area contributed by atoms with E-state index in [4.69, 9.17) is 14.2 Å². The molecule has 0 aliphatic heterocycles. The number of rotatable bonds is 11. The molecule has 0 fully saturated rings. The highest BCUT2D eigenvalue weighted by atomic mass is 16.5. The van der Waals surface area contributed by atoms with Crippen LogP contribution in [-0.4, -0.2) is 29.7 Å². The zero-order valence-electron chi connectivity index (χ0n) is 21.7. The molecule has 0 spiro atoms. The topological polar surface area (TPSA) is 66.8 Å². The predicted molar refractivity (Wildman–Crippen MR) is 145 cm³/mol. The maximum absolute atomic E-state index is 12.3. The van der Waals surface area contributed by atoms with E-state index >= 15 is 0 Å². The van der Waals surface area contributed by atoms with Gasteiger partial charge in [-0.15, -0.1) is 0 Å². The summed E-state index contributed by atoms with van der Waals surface area (Å²) < 4.78 is 18.4. The first-order valence-electron chi connectivity index (χ1n) is 12.7. The molecule has 192 valence electrons. The smallest absolute Gasteiger partial charge is 0.310 e. The Bertz CT molecular complexity index is 1370. The number of hydrogen-bond acceptors (Lipinski definition) is 5. The van der Waals surface area contributed by atoms with Gasteiger partial charge in [-0.05, 0) is 65.9 Å². The van der Waals surface area contributed by atoms with E-state index in [1.54, 1.807) is 6.07 Å². The van der Waals surface area contributed by atoms with Crippen LogP contribution in [-0.2, 0) is 27.3 Å². The predicted octanol–water partition coefficient (Wildman–Crippen LogP) is 6.57. The number of aromatic nitrogens is 1. The van der Waals surface area contributed by atoms with Gasteiger partial charge in [-0.2, -0.15) is 0 Å². The standard InChI is InChI=1S/C31H33NO5/c1-4-6-16-36-27-13-10-23(11-14-27)20-32-21-26(19-31(34)35-5-2)29-15-12-25(18-30(29)32)24-8-7-9-28(17-24)37-22(3)33/h7-15,17-18,21H,4-6,16,19-20H2,1-3H3. The minimum absolute atomic E-state index is 0.211. The molecule has 0 atom stereocenters. The van der Waals surface area contributed by atoms with Crippen LogP contribution in [0.3, 0.4) is 0 Å². The highest BCUT2D eigenvalue weighted by Gasteiger charge is 2.15. The van der Waals surface area contributed by atoms with Gasteiger partial charge in [0.25, 0.3) is 0 Å². The largest absolute Gasteiger partial charge is 0.494 e. The minimum Gasteiger partial charge on any atom is -0.494 e. The normalized spacial score (nSPS) is 10.9. The second-order valence-corrected chi connectivity index (χ2v) is 8.96. The molecule has 0 amide bonds. The Morgan fingerprint density at radius 2 is 1.68 bits per heavy atom. The number of nitrogens with zero attached hydrogens (tertiary/aromatic N) is 1. The number of carbonyl (C=O) groups is 2. The highest BCUT2D eigenvalue weighted by molar-refractivity contribution is 5.91. The molecule has 6 heteroatoms. The molecular formula is C31H33NO5. The van der Waals surface area contributed by atoms with Crippen molar-refractivity contribution in [2.24, 2.45) is 0 Å². The van der Waals surface area contributed by atoms with E-state index in [9.17, 15) is 9.59 Å². The Morgan fingerprint density at radius 3 is 2.41 bits per heavy atom. The Morgan fingerprint density at radius 1 is 0.892 bits per heavy atom. The lowest BCUT2D eigenvalue weighted by atomic mass is 10.0. The molecule has 0 N–H and O–H groups in total. The summed E-state index contributed by atoms with van der Waals surface area (Å²) >= 11 is 0. The van der Waals surface area contributed by atoms with Crippen molar-refractivity contribution in [1.82, 2.24) is 4.57 Å². The Labute approximate surface area is 217 Å². The van der Waals surface area contributed by atoms with E-state index in [0.29, 0.717) is 18.9 Å². The van der Waals surface area contributed by atoms with E-state index in [-0.39, 0.29) is 18.4 Å². The first-order chi connectivity index (χ1) is 18.0. The van der Waals surface area contributed by atoms with Crippen LogP contribution in [0.2, 0.25) is 0 Å². The highest BCUT2D eigenvalue weighted by Crippen LogP contribution is 2.31. The summed E-state index contributed by atoms with van der Waals surface area (Å²) in [7, 11) is 0. The molecule has 37 heavy (non-hydrogen) atoms. The van der Waals surface area contributed by atoms with Crippen LogP contribution in [0, 0.1) is 0 Å². The molecule has 0 aliphatic carbocycles. The SMILES string of the molecule is CCCCOc1ccc(Cn2cc(CC(=O)OCC)c3ccc(-c4cccc(OC(C)=O)c4)cc32)cc1. The van der Waals surface area contributed by atoms with Gasteiger partial charge in [0.05, 0.1) is 19.6 Å². The molecule has 0 radical (unpaired) electrons. The van der Waals surface area contributed by atoms with Gasteiger partial charge in [0.15, 0.2) is 0 Å². The molecule has 6 nitrogen and oxygen atoms in total. The van der Waals surface area contributed by atoms with Crippen LogP contribution in [0.5, 0.6) is 11.5 Å². The zero-order chi connectivity index (χ0) is 26.2. The molecule has 0 saturated heterocycles. The van der Waals surface area contributed by atoms with Gasteiger partial charge >= 0.3 is 11.9 Å². The second kappa shape index (κ2) is 12.3. The number of esters is 2. The summed E-state index contributed by atoms with van der Waals surface area (Å²) in [5.41, 5.74) is 4.99. The fourth-order valence-electron chi connectivity index (χ4n) is 4.31. The van der Waals surface area contributed by atoms with Crippen LogP contribution in [0.4, 0.5) is 0 Å². The van der Waals surface area contributed by atoms with Gasteiger partial charge in [-0.25, -0.2) is 0 Å². The van der Waals surface area contributed by atoms with Crippen molar-refractivity contribution >= 4 is 22.8 Å². The third kappa shape index (κ3) is 6.79. The molecule has 4 rings (SSSR count). The van der Waals surface area contributed by atoms with E-state index in [1.807, 2.05) is 55.6 Å². The first-order valence-corrected chi connectivity index (χ1v) is 12.7. The molecule has 4 aromatic rings. The van der Waals surface area contributed by atoms with Crippen molar-refractivity contribution in [2.45, 2.75) is 46.6 Å². The number of unbranched alkanes of at least 4 members (excludes halogenated alkanes) is 1. The molecule has 0 saturated carbocycles. The van der Waals surface area contributed by atoms with Crippen LogP contribution in [0.15, 0.2) is 72.9 Å². The zero-order valence-corrected chi connectivity index (χ0v) is 21.7. The van der Waals surface area contributed by atoms with Gasteiger partial charge in [-0.3, -0.25) is 9.59 Å². The monoisotopic (exact) mass is 499 g/mol. The summed E-state index contributed by atoms with van der Waals surface area (Å²) in [6.45, 7) is 7.06. The van der Waals surface area contributed by atoms with Crippen LogP contribution in [0.25, 0.3) is 22.0 Å². The summed E-state index contributed by atoms with van der Waals surface area (Å²) in [5.74, 6) is 0.775.